The van der Waals surface area contributed by atoms with Crippen LogP contribution in [0.1, 0.15) is 44.2 Å². The van der Waals surface area contributed by atoms with E-state index in [0.29, 0.717) is 18.5 Å². The predicted octanol–water partition coefficient (Wildman–Crippen LogP) is 1.07. The minimum atomic E-state index is 0.132. The van der Waals surface area contributed by atoms with E-state index < -0.39 is 0 Å². The largest absolute Gasteiger partial charge is 0.394 e. The molecule has 6 nitrogen and oxygen atoms in total. The van der Waals surface area contributed by atoms with Crippen molar-refractivity contribution in [3.63, 3.8) is 0 Å². The standard InChI is InChI=1S/C17H28N4O2/c1-14(23)19-8-4-16(5-9-19)20-7-2-3-15(13-20)17-6-10-21(18-17)11-12-22/h6,10,15-16,22H,2-5,7-9,11-13H2,1H3/t15-/m0/s1. The van der Waals surface area contributed by atoms with E-state index in [1.54, 1.807) is 6.92 Å². The maximum absolute atomic E-state index is 11.5. The number of carbonyl (C=O) groups excluding carboxylic acids is 1. The Morgan fingerprint density at radius 1 is 1.30 bits per heavy atom. The van der Waals surface area contributed by atoms with Crippen molar-refractivity contribution in [1.29, 1.82) is 0 Å². The molecule has 0 aromatic carbocycles. The first-order valence-electron chi connectivity index (χ1n) is 8.81. The number of amides is 1. The average Bonchev–Trinajstić information content (AvgIpc) is 3.04. The Labute approximate surface area is 138 Å². The van der Waals surface area contributed by atoms with Gasteiger partial charge in [0, 0.05) is 44.7 Å². The van der Waals surface area contributed by atoms with E-state index >= 15 is 0 Å². The van der Waals surface area contributed by atoms with Gasteiger partial charge in [-0.25, -0.2) is 0 Å². The molecule has 0 bridgehead atoms. The Morgan fingerprint density at radius 2 is 2.09 bits per heavy atom. The molecule has 1 aromatic rings. The molecule has 3 rings (SSSR count). The van der Waals surface area contributed by atoms with Crippen LogP contribution in [-0.4, -0.2) is 69.4 Å². The van der Waals surface area contributed by atoms with Crippen molar-refractivity contribution in [3.05, 3.63) is 18.0 Å². The third-order valence-corrected chi connectivity index (χ3v) is 5.29. The lowest BCUT2D eigenvalue weighted by Crippen LogP contribution is -2.49. The van der Waals surface area contributed by atoms with Crippen LogP contribution in [-0.2, 0) is 11.3 Å². The van der Waals surface area contributed by atoms with Crippen molar-refractivity contribution in [3.8, 4) is 0 Å². The molecule has 0 radical (unpaired) electrons. The number of likely N-dealkylation sites (tertiary alicyclic amines) is 2. The molecule has 0 saturated carbocycles. The summed E-state index contributed by atoms with van der Waals surface area (Å²) in [4.78, 5) is 16.0. The summed E-state index contributed by atoms with van der Waals surface area (Å²) in [6.07, 6.45) is 6.55. The van der Waals surface area contributed by atoms with E-state index in [-0.39, 0.29) is 12.5 Å². The number of hydrogen-bond acceptors (Lipinski definition) is 4. The van der Waals surface area contributed by atoms with Crippen molar-refractivity contribution >= 4 is 5.91 Å². The first-order valence-corrected chi connectivity index (χ1v) is 8.81. The quantitative estimate of drug-likeness (QED) is 0.901. The van der Waals surface area contributed by atoms with Crippen LogP contribution in [0.25, 0.3) is 0 Å². The molecule has 1 aromatic heterocycles. The fraction of sp³-hybridized carbons (Fsp3) is 0.765. The van der Waals surface area contributed by atoms with Gasteiger partial charge in [-0.1, -0.05) is 0 Å². The van der Waals surface area contributed by atoms with Crippen LogP contribution in [0.4, 0.5) is 0 Å². The van der Waals surface area contributed by atoms with Crippen LogP contribution < -0.4 is 0 Å². The molecule has 23 heavy (non-hydrogen) atoms. The van der Waals surface area contributed by atoms with Gasteiger partial charge >= 0.3 is 0 Å². The highest BCUT2D eigenvalue weighted by atomic mass is 16.3. The maximum Gasteiger partial charge on any atom is 0.219 e. The monoisotopic (exact) mass is 320 g/mol. The Balaban J connectivity index is 1.56. The SMILES string of the molecule is CC(=O)N1CCC(N2CCC[C@H](c3ccn(CCO)n3)C2)CC1. The van der Waals surface area contributed by atoms with Crippen LogP contribution in [0.3, 0.4) is 0 Å². The molecule has 1 atom stereocenters. The normalized spacial score (nSPS) is 24.1. The van der Waals surface area contributed by atoms with Gasteiger partial charge in [0.1, 0.15) is 0 Å². The van der Waals surface area contributed by atoms with Crippen LogP contribution >= 0.6 is 0 Å². The van der Waals surface area contributed by atoms with Gasteiger partial charge in [0.2, 0.25) is 5.91 Å². The van der Waals surface area contributed by atoms with E-state index in [1.165, 1.54) is 19.4 Å². The fourth-order valence-corrected chi connectivity index (χ4v) is 3.95. The first kappa shape index (κ1) is 16.5. The number of aliphatic hydroxyl groups excluding tert-OH is 1. The topological polar surface area (TPSA) is 61.6 Å². The second-order valence-electron chi connectivity index (χ2n) is 6.80. The molecule has 2 aliphatic rings. The van der Waals surface area contributed by atoms with Crippen LogP contribution in [0, 0.1) is 0 Å². The van der Waals surface area contributed by atoms with E-state index in [4.69, 9.17) is 5.11 Å². The molecule has 6 heteroatoms. The highest BCUT2D eigenvalue weighted by Gasteiger charge is 2.30. The minimum Gasteiger partial charge on any atom is -0.394 e. The summed E-state index contributed by atoms with van der Waals surface area (Å²) in [6, 6.07) is 2.70. The molecule has 3 heterocycles. The van der Waals surface area contributed by atoms with Gasteiger partial charge in [0.15, 0.2) is 0 Å². The number of carbonyl (C=O) groups is 1. The average molecular weight is 320 g/mol. The van der Waals surface area contributed by atoms with Crippen molar-refractivity contribution in [2.45, 2.75) is 51.1 Å². The molecule has 1 N–H and O–H groups in total. The zero-order chi connectivity index (χ0) is 16.2. The zero-order valence-corrected chi connectivity index (χ0v) is 14.0. The van der Waals surface area contributed by atoms with Crippen LogP contribution in [0.15, 0.2) is 12.3 Å². The molecule has 2 saturated heterocycles. The Hall–Kier alpha value is -1.40. The summed E-state index contributed by atoms with van der Waals surface area (Å²) in [5, 5.41) is 13.6. The second-order valence-corrected chi connectivity index (χ2v) is 6.80. The van der Waals surface area contributed by atoms with Gasteiger partial charge in [0.25, 0.3) is 0 Å². The third kappa shape index (κ3) is 3.93. The molecule has 1 amide bonds. The molecule has 0 spiro atoms. The van der Waals surface area contributed by atoms with Gasteiger partial charge < -0.3 is 10.0 Å². The molecular formula is C17H28N4O2. The summed E-state index contributed by atoms with van der Waals surface area (Å²) in [5.74, 6) is 0.698. The van der Waals surface area contributed by atoms with E-state index in [1.807, 2.05) is 15.8 Å². The Morgan fingerprint density at radius 3 is 2.78 bits per heavy atom. The Bertz CT molecular complexity index is 522. The lowest BCUT2D eigenvalue weighted by molar-refractivity contribution is -0.130. The van der Waals surface area contributed by atoms with Crippen molar-refractivity contribution in [1.82, 2.24) is 19.6 Å². The number of aromatic nitrogens is 2. The van der Waals surface area contributed by atoms with Crippen molar-refractivity contribution in [2.24, 2.45) is 0 Å². The molecule has 0 aliphatic carbocycles. The van der Waals surface area contributed by atoms with E-state index in [0.717, 1.165) is 38.2 Å². The van der Waals surface area contributed by atoms with Gasteiger partial charge in [-0.2, -0.15) is 5.10 Å². The fourth-order valence-electron chi connectivity index (χ4n) is 3.95. The molecule has 128 valence electrons. The molecule has 2 aliphatic heterocycles. The lowest BCUT2D eigenvalue weighted by Gasteiger charge is -2.42. The van der Waals surface area contributed by atoms with E-state index in [2.05, 4.69) is 16.1 Å². The maximum atomic E-state index is 11.5. The van der Waals surface area contributed by atoms with Crippen molar-refractivity contribution in [2.75, 3.05) is 32.8 Å². The number of aliphatic hydroxyl groups is 1. The number of piperidine rings is 2. The van der Waals surface area contributed by atoms with Gasteiger partial charge in [-0.05, 0) is 38.3 Å². The van der Waals surface area contributed by atoms with E-state index in [9.17, 15) is 4.79 Å². The molecule has 2 fully saturated rings. The zero-order valence-electron chi connectivity index (χ0n) is 14.0. The number of nitrogens with zero attached hydrogens (tertiary/aromatic N) is 4. The molecular weight excluding hydrogens is 292 g/mol. The number of rotatable bonds is 4. The molecule has 0 unspecified atom stereocenters. The van der Waals surface area contributed by atoms with Crippen molar-refractivity contribution < 1.29 is 9.90 Å². The van der Waals surface area contributed by atoms with Gasteiger partial charge in [-0.15, -0.1) is 0 Å². The lowest BCUT2D eigenvalue weighted by atomic mass is 9.92. The summed E-state index contributed by atoms with van der Waals surface area (Å²) in [7, 11) is 0. The smallest absolute Gasteiger partial charge is 0.219 e. The highest BCUT2D eigenvalue weighted by molar-refractivity contribution is 5.73. The summed E-state index contributed by atoms with van der Waals surface area (Å²) in [6.45, 7) is 6.39. The summed E-state index contributed by atoms with van der Waals surface area (Å²) < 4.78 is 1.83. The minimum absolute atomic E-state index is 0.132. The number of hydrogen-bond donors (Lipinski definition) is 1. The van der Waals surface area contributed by atoms with Crippen LogP contribution in [0.2, 0.25) is 0 Å². The third-order valence-electron chi connectivity index (χ3n) is 5.29. The highest BCUT2D eigenvalue weighted by Crippen LogP contribution is 2.29. The first-order chi connectivity index (χ1) is 11.2. The van der Waals surface area contributed by atoms with Crippen LogP contribution in [0.5, 0.6) is 0 Å². The summed E-state index contributed by atoms with van der Waals surface area (Å²) in [5.41, 5.74) is 1.16. The van der Waals surface area contributed by atoms with Gasteiger partial charge in [0.05, 0.1) is 18.8 Å². The second kappa shape index (κ2) is 7.45. The van der Waals surface area contributed by atoms with Gasteiger partial charge in [-0.3, -0.25) is 14.4 Å². The summed E-state index contributed by atoms with van der Waals surface area (Å²) >= 11 is 0. The Kier molecular flexibility index (Phi) is 5.33. The predicted molar refractivity (Wildman–Crippen MR) is 88.1 cm³/mol.